The van der Waals surface area contributed by atoms with Crippen molar-refractivity contribution in [3.05, 3.63) is 64.4 Å². The smallest absolute Gasteiger partial charge is 0.281 e. The largest absolute Gasteiger partial charge is 0.331 e. The topological polar surface area (TPSA) is 42.0 Å². The van der Waals surface area contributed by atoms with Crippen molar-refractivity contribution in [3.63, 3.8) is 0 Å². The van der Waals surface area contributed by atoms with Crippen LogP contribution >= 0.6 is 11.3 Å². The first kappa shape index (κ1) is 11.9. The van der Waals surface area contributed by atoms with Crippen LogP contribution in [0, 0.1) is 6.92 Å². The second-order valence-corrected chi connectivity index (χ2v) is 5.34. The summed E-state index contributed by atoms with van der Waals surface area (Å²) >= 11 is 1.48. The van der Waals surface area contributed by atoms with Gasteiger partial charge in [-0.3, -0.25) is 4.79 Å². The van der Waals surface area contributed by atoms with E-state index in [1.807, 2.05) is 49.4 Å². The number of nitrogens with zero attached hydrogens (tertiary/aromatic N) is 1. The van der Waals surface area contributed by atoms with Crippen molar-refractivity contribution in [2.45, 2.75) is 6.92 Å². The Labute approximate surface area is 114 Å². The van der Waals surface area contributed by atoms with Gasteiger partial charge in [0.05, 0.1) is 5.39 Å². The third-order valence-corrected chi connectivity index (χ3v) is 3.79. The molecule has 94 valence electrons. The van der Waals surface area contributed by atoms with Crippen LogP contribution in [0.3, 0.4) is 0 Å². The summed E-state index contributed by atoms with van der Waals surface area (Å²) in [5.74, 6) is 0. The second-order valence-electron chi connectivity index (χ2n) is 4.31. The zero-order chi connectivity index (χ0) is 13.2. The van der Waals surface area contributed by atoms with Gasteiger partial charge in [0, 0.05) is 10.4 Å². The van der Waals surface area contributed by atoms with Crippen molar-refractivity contribution in [2.75, 3.05) is 5.32 Å². The Balaban J connectivity index is 2.01. The van der Waals surface area contributed by atoms with Gasteiger partial charge in [-0.05, 0) is 31.2 Å². The Hall–Kier alpha value is -2.20. The molecule has 0 radical (unpaired) electrons. The number of nitrogens with one attached hydrogen (secondary N) is 1. The minimum absolute atomic E-state index is 0.191. The fourth-order valence-electron chi connectivity index (χ4n) is 1.83. The molecule has 3 rings (SSSR count). The predicted octanol–water partition coefficient (Wildman–Crippen LogP) is 3.71. The van der Waals surface area contributed by atoms with Gasteiger partial charge in [-0.25, -0.2) is 0 Å². The lowest BCUT2D eigenvalue weighted by Crippen LogP contribution is -2.07. The van der Waals surface area contributed by atoms with E-state index in [0.29, 0.717) is 10.5 Å². The molecule has 1 aromatic heterocycles. The molecular formula is C15H12N2OS. The molecular weight excluding hydrogens is 256 g/mol. The summed E-state index contributed by atoms with van der Waals surface area (Å²) in [6, 6.07) is 15.5. The van der Waals surface area contributed by atoms with Gasteiger partial charge in [0.25, 0.3) is 5.56 Å². The molecule has 2 aromatic carbocycles. The van der Waals surface area contributed by atoms with E-state index in [2.05, 4.69) is 10.3 Å². The Morgan fingerprint density at radius 2 is 1.79 bits per heavy atom. The predicted molar refractivity (Wildman–Crippen MR) is 80.4 cm³/mol. The lowest BCUT2D eigenvalue weighted by atomic mass is 10.2. The Morgan fingerprint density at radius 1 is 1.05 bits per heavy atom. The summed E-state index contributed by atoms with van der Waals surface area (Å²) < 4.78 is 0.942. The summed E-state index contributed by atoms with van der Waals surface area (Å²) in [6.07, 6.45) is 0. The van der Waals surface area contributed by atoms with E-state index in [9.17, 15) is 4.79 Å². The van der Waals surface area contributed by atoms with E-state index in [1.165, 1.54) is 16.9 Å². The van der Waals surface area contributed by atoms with E-state index < -0.39 is 0 Å². The highest BCUT2D eigenvalue weighted by atomic mass is 32.1. The molecule has 0 saturated carbocycles. The molecule has 1 heterocycles. The number of fused-ring (bicyclic) bond motifs is 1. The van der Waals surface area contributed by atoms with Crippen LogP contribution in [-0.2, 0) is 0 Å². The second kappa shape index (κ2) is 4.82. The molecule has 0 saturated heterocycles. The lowest BCUT2D eigenvalue weighted by molar-refractivity contribution is 1.30. The normalized spacial score (nSPS) is 10.6. The molecule has 0 spiro atoms. The Bertz CT molecular complexity index is 778. The zero-order valence-electron chi connectivity index (χ0n) is 10.4. The van der Waals surface area contributed by atoms with Crippen LogP contribution in [0.4, 0.5) is 10.8 Å². The van der Waals surface area contributed by atoms with Gasteiger partial charge in [-0.2, -0.15) is 4.98 Å². The van der Waals surface area contributed by atoms with Crippen LogP contribution in [0.1, 0.15) is 5.56 Å². The molecule has 19 heavy (non-hydrogen) atoms. The number of benzene rings is 2. The van der Waals surface area contributed by atoms with Crippen LogP contribution in [0.2, 0.25) is 0 Å². The van der Waals surface area contributed by atoms with Crippen LogP contribution in [0.15, 0.2) is 53.3 Å². The fraction of sp³-hybridized carbons (Fsp3) is 0.0667. The summed E-state index contributed by atoms with van der Waals surface area (Å²) in [5.41, 5.74) is 1.94. The van der Waals surface area contributed by atoms with Gasteiger partial charge in [0.15, 0.2) is 5.13 Å². The van der Waals surface area contributed by atoms with Gasteiger partial charge in [0.2, 0.25) is 0 Å². The van der Waals surface area contributed by atoms with Crippen LogP contribution in [0.5, 0.6) is 0 Å². The molecule has 0 aliphatic heterocycles. The average molecular weight is 268 g/mol. The monoisotopic (exact) mass is 268 g/mol. The maximum atomic E-state index is 11.9. The van der Waals surface area contributed by atoms with Gasteiger partial charge < -0.3 is 5.32 Å². The molecule has 1 N–H and O–H groups in total. The third-order valence-electron chi connectivity index (χ3n) is 2.83. The van der Waals surface area contributed by atoms with E-state index in [1.54, 1.807) is 6.07 Å². The van der Waals surface area contributed by atoms with Gasteiger partial charge in [-0.1, -0.05) is 41.2 Å². The molecule has 4 heteroatoms. The standard InChI is InChI=1S/C15H12N2OS/c1-10-6-8-11(9-7-10)16-15-17-14(18)12-4-2-3-5-13(12)19-15/h2-9H,1H3,(H,16,17,18). The van der Waals surface area contributed by atoms with Crippen LogP contribution in [0.25, 0.3) is 10.1 Å². The highest BCUT2D eigenvalue weighted by molar-refractivity contribution is 7.21. The van der Waals surface area contributed by atoms with Crippen molar-refractivity contribution in [1.82, 2.24) is 4.98 Å². The third kappa shape index (κ3) is 2.48. The van der Waals surface area contributed by atoms with Crippen molar-refractivity contribution in [2.24, 2.45) is 0 Å². The summed E-state index contributed by atoms with van der Waals surface area (Å²) in [7, 11) is 0. The van der Waals surface area contributed by atoms with Crippen LogP contribution in [-0.4, -0.2) is 4.98 Å². The molecule has 0 amide bonds. The van der Waals surface area contributed by atoms with Crippen LogP contribution < -0.4 is 10.9 Å². The van der Waals surface area contributed by atoms with E-state index in [4.69, 9.17) is 0 Å². The molecule has 3 nitrogen and oxygen atoms in total. The number of aryl methyl sites for hydroxylation is 1. The minimum Gasteiger partial charge on any atom is -0.331 e. The number of hydrogen-bond acceptors (Lipinski definition) is 4. The van der Waals surface area contributed by atoms with Crippen molar-refractivity contribution < 1.29 is 0 Å². The number of anilines is 2. The molecule has 0 atom stereocenters. The van der Waals surface area contributed by atoms with Gasteiger partial charge in [0.1, 0.15) is 0 Å². The fourth-order valence-corrected chi connectivity index (χ4v) is 2.74. The quantitative estimate of drug-likeness (QED) is 0.770. The van der Waals surface area contributed by atoms with Crippen molar-refractivity contribution in [1.29, 1.82) is 0 Å². The molecule has 0 aliphatic carbocycles. The highest BCUT2D eigenvalue weighted by Crippen LogP contribution is 2.23. The van der Waals surface area contributed by atoms with Crippen molar-refractivity contribution in [3.8, 4) is 0 Å². The Morgan fingerprint density at radius 3 is 2.58 bits per heavy atom. The van der Waals surface area contributed by atoms with E-state index in [-0.39, 0.29) is 5.56 Å². The van der Waals surface area contributed by atoms with E-state index in [0.717, 1.165) is 10.4 Å². The van der Waals surface area contributed by atoms with Crippen molar-refractivity contribution >= 4 is 32.2 Å². The summed E-state index contributed by atoms with van der Waals surface area (Å²) in [5, 5.41) is 4.46. The lowest BCUT2D eigenvalue weighted by Gasteiger charge is -2.05. The molecule has 0 aliphatic rings. The first-order valence-corrected chi connectivity index (χ1v) is 6.77. The maximum Gasteiger partial charge on any atom is 0.281 e. The van der Waals surface area contributed by atoms with Gasteiger partial charge in [-0.15, -0.1) is 0 Å². The maximum absolute atomic E-state index is 11.9. The first-order chi connectivity index (χ1) is 9.22. The molecule has 3 aromatic rings. The SMILES string of the molecule is Cc1ccc(Nc2nc(=O)c3ccccc3s2)cc1. The van der Waals surface area contributed by atoms with E-state index >= 15 is 0 Å². The number of aromatic nitrogens is 1. The highest BCUT2D eigenvalue weighted by Gasteiger charge is 2.04. The average Bonchev–Trinajstić information content (AvgIpc) is 2.42. The first-order valence-electron chi connectivity index (χ1n) is 5.96. The zero-order valence-corrected chi connectivity index (χ0v) is 11.2. The van der Waals surface area contributed by atoms with Gasteiger partial charge >= 0.3 is 0 Å². The Kier molecular flexibility index (Phi) is 3.01. The summed E-state index contributed by atoms with van der Waals surface area (Å²) in [4.78, 5) is 16.0. The number of hydrogen-bond donors (Lipinski definition) is 1. The molecule has 0 bridgehead atoms. The summed E-state index contributed by atoms with van der Waals surface area (Å²) in [6.45, 7) is 2.04. The minimum atomic E-state index is -0.191. The number of rotatable bonds is 2. The molecule has 0 fully saturated rings. The molecule has 0 unspecified atom stereocenters.